The van der Waals surface area contributed by atoms with Gasteiger partial charge in [0.1, 0.15) is 0 Å². The Morgan fingerprint density at radius 2 is 2.29 bits per heavy atom. The fourth-order valence-electron chi connectivity index (χ4n) is 2.07. The van der Waals surface area contributed by atoms with E-state index in [2.05, 4.69) is 0 Å². The van der Waals surface area contributed by atoms with Crippen LogP contribution in [0.1, 0.15) is 29.9 Å². The van der Waals surface area contributed by atoms with E-state index in [9.17, 15) is 4.79 Å². The molecule has 0 saturated heterocycles. The molecule has 0 saturated carbocycles. The number of hydrogen-bond acceptors (Lipinski definition) is 1. The summed E-state index contributed by atoms with van der Waals surface area (Å²) >= 11 is 5.89. The van der Waals surface area contributed by atoms with Crippen molar-refractivity contribution in [3.05, 3.63) is 34.3 Å². The number of nitrogens with two attached hydrogens (primary N) is 1. The second kappa shape index (κ2) is 3.62. The zero-order valence-corrected chi connectivity index (χ0v) is 8.55. The topological polar surface area (TPSA) is 43.1 Å². The van der Waals surface area contributed by atoms with Crippen LogP contribution in [-0.2, 0) is 11.2 Å². The van der Waals surface area contributed by atoms with Crippen LogP contribution in [0.3, 0.4) is 0 Å². The number of rotatable bonds is 1. The van der Waals surface area contributed by atoms with Crippen molar-refractivity contribution in [1.29, 1.82) is 0 Å². The summed E-state index contributed by atoms with van der Waals surface area (Å²) in [7, 11) is 0. The number of carbonyl (C=O) groups excluding carboxylic acids is 1. The van der Waals surface area contributed by atoms with E-state index >= 15 is 0 Å². The predicted molar refractivity (Wildman–Crippen MR) is 56.3 cm³/mol. The van der Waals surface area contributed by atoms with E-state index in [0.29, 0.717) is 5.02 Å². The van der Waals surface area contributed by atoms with Gasteiger partial charge < -0.3 is 5.73 Å². The SMILES string of the molecule is NC(=O)[C@@H]1CCCc2ccc(Cl)cc21. The third-order valence-corrected chi connectivity index (χ3v) is 3.00. The number of fused-ring (bicyclic) bond motifs is 1. The summed E-state index contributed by atoms with van der Waals surface area (Å²) < 4.78 is 0. The average Bonchev–Trinajstić information content (AvgIpc) is 2.16. The maximum absolute atomic E-state index is 11.2. The first-order valence-corrected chi connectivity index (χ1v) is 5.14. The Morgan fingerprint density at radius 1 is 1.50 bits per heavy atom. The van der Waals surface area contributed by atoms with Crippen LogP contribution in [-0.4, -0.2) is 5.91 Å². The Morgan fingerprint density at radius 3 is 3.00 bits per heavy atom. The summed E-state index contributed by atoms with van der Waals surface area (Å²) in [6.45, 7) is 0. The van der Waals surface area contributed by atoms with Gasteiger partial charge in [0.25, 0.3) is 0 Å². The summed E-state index contributed by atoms with van der Waals surface area (Å²) in [5.74, 6) is -0.384. The molecule has 0 heterocycles. The Hall–Kier alpha value is -1.02. The zero-order chi connectivity index (χ0) is 10.1. The van der Waals surface area contributed by atoms with Crippen LogP contribution in [0.4, 0.5) is 0 Å². The first-order chi connectivity index (χ1) is 6.68. The van der Waals surface area contributed by atoms with E-state index in [1.807, 2.05) is 18.2 Å². The molecule has 1 atom stereocenters. The van der Waals surface area contributed by atoms with Crippen LogP contribution >= 0.6 is 11.6 Å². The molecule has 0 radical (unpaired) electrons. The molecule has 74 valence electrons. The number of carbonyl (C=O) groups is 1. The molecule has 0 unspecified atom stereocenters. The lowest BCUT2D eigenvalue weighted by Crippen LogP contribution is -2.24. The molecule has 0 bridgehead atoms. The average molecular weight is 210 g/mol. The fourth-order valence-corrected chi connectivity index (χ4v) is 2.25. The quantitative estimate of drug-likeness (QED) is 0.758. The standard InChI is InChI=1S/C11H12ClNO/c12-8-5-4-7-2-1-3-9(11(13)14)10(7)6-8/h4-6,9H,1-3H2,(H2,13,14)/t9-/m1/s1. The zero-order valence-electron chi connectivity index (χ0n) is 7.79. The Balaban J connectivity index is 2.46. The fraction of sp³-hybridized carbons (Fsp3) is 0.364. The minimum Gasteiger partial charge on any atom is -0.369 e. The lowest BCUT2D eigenvalue weighted by atomic mass is 9.82. The van der Waals surface area contributed by atoms with Gasteiger partial charge >= 0.3 is 0 Å². The molecule has 1 aromatic carbocycles. The molecule has 0 spiro atoms. The van der Waals surface area contributed by atoms with E-state index in [-0.39, 0.29) is 11.8 Å². The summed E-state index contributed by atoms with van der Waals surface area (Å²) in [6.07, 6.45) is 2.90. The number of aryl methyl sites for hydroxylation is 1. The molecule has 14 heavy (non-hydrogen) atoms. The first-order valence-electron chi connectivity index (χ1n) is 4.76. The molecule has 0 aliphatic heterocycles. The molecular formula is C11H12ClNO. The Kier molecular flexibility index (Phi) is 2.46. The molecule has 2 nitrogen and oxygen atoms in total. The second-order valence-electron chi connectivity index (χ2n) is 3.69. The number of halogens is 1. The van der Waals surface area contributed by atoms with Gasteiger partial charge in [0.2, 0.25) is 5.91 Å². The van der Waals surface area contributed by atoms with Gasteiger partial charge in [0, 0.05) is 5.02 Å². The van der Waals surface area contributed by atoms with Crippen LogP contribution in [0.2, 0.25) is 5.02 Å². The highest BCUT2D eigenvalue weighted by Gasteiger charge is 2.24. The van der Waals surface area contributed by atoms with Crippen molar-refractivity contribution in [3.63, 3.8) is 0 Å². The third-order valence-electron chi connectivity index (χ3n) is 2.77. The van der Waals surface area contributed by atoms with Crippen LogP contribution in [0.15, 0.2) is 18.2 Å². The van der Waals surface area contributed by atoms with Gasteiger partial charge in [-0.3, -0.25) is 4.79 Å². The van der Waals surface area contributed by atoms with Gasteiger partial charge in [-0.2, -0.15) is 0 Å². The predicted octanol–water partition coefficient (Wildman–Crippen LogP) is 2.25. The highest BCUT2D eigenvalue weighted by Crippen LogP contribution is 2.32. The summed E-state index contributed by atoms with van der Waals surface area (Å²) in [5.41, 5.74) is 7.59. The van der Waals surface area contributed by atoms with E-state index in [1.165, 1.54) is 5.56 Å². The third kappa shape index (κ3) is 1.62. The van der Waals surface area contributed by atoms with Crippen molar-refractivity contribution in [2.45, 2.75) is 25.2 Å². The Bertz CT molecular complexity index is 376. The summed E-state index contributed by atoms with van der Waals surface area (Å²) in [6, 6.07) is 5.72. The molecule has 1 aliphatic carbocycles. The Labute approximate surface area is 88.1 Å². The molecule has 1 amide bonds. The smallest absolute Gasteiger partial charge is 0.224 e. The molecule has 2 rings (SSSR count). The highest BCUT2D eigenvalue weighted by atomic mass is 35.5. The maximum atomic E-state index is 11.2. The summed E-state index contributed by atoms with van der Waals surface area (Å²) in [5, 5.41) is 0.678. The van der Waals surface area contributed by atoms with Gasteiger partial charge in [0.05, 0.1) is 5.92 Å². The molecule has 1 aromatic rings. The molecule has 0 aromatic heterocycles. The first kappa shape index (κ1) is 9.53. The van der Waals surface area contributed by atoms with E-state index in [0.717, 1.165) is 24.8 Å². The minimum absolute atomic E-state index is 0.141. The number of hydrogen-bond donors (Lipinski definition) is 1. The monoisotopic (exact) mass is 209 g/mol. The van der Waals surface area contributed by atoms with Crippen molar-refractivity contribution in [3.8, 4) is 0 Å². The van der Waals surface area contributed by atoms with E-state index < -0.39 is 0 Å². The number of primary amides is 1. The maximum Gasteiger partial charge on any atom is 0.224 e. The van der Waals surface area contributed by atoms with Crippen molar-refractivity contribution in [1.82, 2.24) is 0 Å². The lowest BCUT2D eigenvalue weighted by Gasteiger charge is -2.22. The van der Waals surface area contributed by atoms with Gasteiger partial charge in [0.15, 0.2) is 0 Å². The van der Waals surface area contributed by atoms with E-state index in [1.54, 1.807) is 0 Å². The summed E-state index contributed by atoms with van der Waals surface area (Å²) in [4.78, 5) is 11.2. The lowest BCUT2D eigenvalue weighted by molar-refractivity contribution is -0.119. The molecule has 0 fully saturated rings. The van der Waals surface area contributed by atoms with Crippen molar-refractivity contribution < 1.29 is 4.79 Å². The van der Waals surface area contributed by atoms with Crippen LogP contribution in [0.25, 0.3) is 0 Å². The highest BCUT2D eigenvalue weighted by molar-refractivity contribution is 6.30. The molecule has 3 heteroatoms. The van der Waals surface area contributed by atoms with Gasteiger partial charge in [-0.25, -0.2) is 0 Å². The molecule has 2 N–H and O–H groups in total. The van der Waals surface area contributed by atoms with Crippen LogP contribution in [0, 0.1) is 0 Å². The normalized spacial score (nSPS) is 20.2. The van der Waals surface area contributed by atoms with Gasteiger partial charge in [-0.05, 0) is 42.5 Å². The second-order valence-corrected chi connectivity index (χ2v) is 4.13. The van der Waals surface area contributed by atoms with Crippen molar-refractivity contribution >= 4 is 17.5 Å². The minimum atomic E-state index is -0.242. The van der Waals surface area contributed by atoms with Gasteiger partial charge in [-0.15, -0.1) is 0 Å². The van der Waals surface area contributed by atoms with Crippen LogP contribution in [0.5, 0.6) is 0 Å². The van der Waals surface area contributed by atoms with Crippen molar-refractivity contribution in [2.24, 2.45) is 5.73 Å². The molecule has 1 aliphatic rings. The van der Waals surface area contributed by atoms with Crippen molar-refractivity contribution in [2.75, 3.05) is 0 Å². The van der Waals surface area contributed by atoms with Crippen LogP contribution < -0.4 is 5.73 Å². The van der Waals surface area contributed by atoms with E-state index in [4.69, 9.17) is 17.3 Å². The van der Waals surface area contributed by atoms with Gasteiger partial charge in [-0.1, -0.05) is 17.7 Å². The molecular weight excluding hydrogens is 198 g/mol. The largest absolute Gasteiger partial charge is 0.369 e. The number of amides is 1. The number of benzene rings is 1.